The fourth-order valence-corrected chi connectivity index (χ4v) is 4.74. The molecule has 3 rings (SSSR count). The number of aryl methyl sites for hydroxylation is 1. The van der Waals surface area contributed by atoms with Gasteiger partial charge in [-0.1, -0.05) is 30.3 Å². The lowest BCUT2D eigenvalue weighted by Gasteiger charge is -2.26. The first-order chi connectivity index (χ1) is 11.0. The molecule has 0 unspecified atom stereocenters. The lowest BCUT2D eigenvalue weighted by molar-refractivity contribution is 0.0809. The Hall–Kier alpha value is -1.70. The van der Waals surface area contributed by atoms with E-state index >= 15 is 0 Å². The largest absolute Gasteiger partial charge is 0.380 e. The third-order valence-corrected chi connectivity index (χ3v) is 6.09. The van der Waals surface area contributed by atoms with Crippen LogP contribution in [0.4, 0.5) is 0 Å². The van der Waals surface area contributed by atoms with Crippen LogP contribution in [0.2, 0.25) is 0 Å². The smallest absolute Gasteiger partial charge is 0.262 e. The van der Waals surface area contributed by atoms with E-state index in [2.05, 4.69) is 4.98 Å². The van der Waals surface area contributed by atoms with Gasteiger partial charge in [-0.2, -0.15) is 4.31 Å². The van der Waals surface area contributed by atoms with E-state index in [1.54, 1.807) is 18.7 Å². The Kier molecular flexibility index (Phi) is 4.52. The monoisotopic (exact) mass is 335 g/mol. The maximum Gasteiger partial charge on any atom is 0.262 e. The summed E-state index contributed by atoms with van der Waals surface area (Å²) in [6.07, 6.45) is 4.26. The minimum Gasteiger partial charge on any atom is -0.380 e. The van der Waals surface area contributed by atoms with Crippen LogP contribution in [0.3, 0.4) is 0 Å². The molecule has 0 radical (unpaired) electrons. The Morgan fingerprint density at radius 2 is 2.04 bits per heavy atom. The van der Waals surface area contributed by atoms with Gasteiger partial charge in [0.2, 0.25) is 0 Å². The van der Waals surface area contributed by atoms with Crippen molar-refractivity contribution in [3.05, 3.63) is 48.4 Å². The Bertz CT molecular complexity index is 758. The average molecular weight is 335 g/mol. The Balaban J connectivity index is 1.90. The topological polar surface area (TPSA) is 64.4 Å². The van der Waals surface area contributed by atoms with Crippen LogP contribution in [0.5, 0.6) is 0 Å². The van der Waals surface area contributed by atoms with Gasteiger partial charge in [0, 0.05) is 26.9 Å². The van der Waals surface area contributed by atoms with E-state index in [4.69, 9.17) is 4.74 Å². The molecule has 23 heavy (non-hydrogen) atoms. The summed E-state index contributed by atoms with van der Waals surface area (Å²) in [4.78, 5) is 4.02. The minimum atomic E-state index is -3.61. The third-order valence-electron chi connectivity index (χ3n) is 4.28. The van der Waals surface area contributed by atoms with E-state index in [0.29, 0.717) is 19.4 Å². The van der Waals surface area contributed by atoms with Gasteiger partial charge in [0.05, 0.1) is 18.5 Å². The minimum absolute atomic E-state index is 0.0924. The second-order valence-electron chi connectivity index (χ2n) is 5.81. The number of rotatable bonds is 5. The Morgan fingerprint density at radius 1 is 1.30 bits per heavy atom. The zero-order valence-corrected chi connectivity index (χ0v) is 14.1. The second kappa shape index (κ2) is 6.43. The van der Waals surface area contributed by atoms with Crippen LogP contribution in [0.1, 0.15) is 12.0 Å². The van der Waals surface area contributed by atoms with Gasteiger partial charge in [-0.15, -0.1) is 0 Å². The third kappa shape index (κ3) is 3.17. The zero-order chi connectivity index (χ0) is 16.4. The molecule has 0 N–H and O–H groups in total. The van der Waals surface area contributed by atoms with Crippen molar-refractivity contribution in [2.24, 2.45) is 7.05 Å². The number of sulfonamides is 1. The van der Waals surface area contributed by atoms with E-state index < -0.39 is 10.0 Å². The van der Waals surface area contributed by atoms with E-state index in [1.807, 2.05) is 30.3 Å². The highest BCUT2D eigenvalue weighted by atomic mass is 32.2. The highest BCUT2D eigenvalue weighted by molar-refractivity contribution is 7.89. The van der Waals surface area contributed by atoms with Crippen molar-refractivity contribution in [1.29, 1.82) is 0 Å². The Morgan fingerprint density at radius 3 is 2.65 bits per heavy atom. The fourth-order valence-electron chi connectivity index (χ4n) is 3.10. The van der Waals surface area contributed by atoms with E-state index in [-0.39, 0.29) is 17.2 Å². The number of aromatic nitrogens is 2. The van der Waals surface area contributed by atoms with Gasteiger partial charge in [-0.25, -0.2) is 13.4 Å². The standard InChI is InChI=1S/C16H21N3O3S/c1-18-11-16(17-12-18)23(20,21)19-9-8-15(22-2)14(19)10-13-6-4-3-5-7-13/h3-7,11-12,14-15H,8-10H2,1-2H3/t14-,15-/m0/s1. The molecule has 124 valence electrons. The number of hydrogen-bond donors (Lipinski definition) is 0. The SMILES string of the molecule is CO[C@H]1CCN(S(=O)(=O)c2cn(C)cn2)[C@H]1Cc1ccccc1. The number of nitrogens with zero attached hydrogens (tertiary/aromatic N) is 3. The van der Waals surface area contributed by atoms with Gasteiger partial charge >= 0.3 is 0 Å². The molecule has 1 aliphatic heterocycles. The molecule has 0 saturated carbocycles. The first kappa shape index (κ1) is 16.2. The number of imidazole rings is 1. The molecule has 7 heteroatoms. The first-order valence-electron chi connectivity index (χ1n) is 7.59. The summed E-state index contributed by atoms with van der Waals surface area (Å²) in [5, 5.41) is 0.0924. The summed E-state index contributed by atoms with van der Waals surface area (Å²) in [7, 11) is -0.211. The van der Waals surface area contributed by atoms with Crippen LogP contribution in [0.15, 0.2) is 47.9 Å². The van der Waals surface area contributed by atoms with Gasteiger partial charge < -0.3 is 9.30 Å². The maximum atomic E-state index is 12.9. The summed E-state index contributed by atoms with van der Waals surface area (Å²) in [5.41, 5.74) is 1.10. The van der Waals surface area contributed by atoms with Gasteiger partial charge in [0.15, 0.2) is 5.03 Å². The van der Waals surface area contributed by atoms with Crippen molar-refractivity contribution in [3.8, 4) is 0 Å². The number of ether oxygens (including phenoxy) is 1. The quantitative estimate of drug-likeness (QED) is 0.829. The van der Waals surface area contributed by atoms with Crippen LogP contribution in [0, 0.1) is 0 Å². The predicted molar refractivity (Wildman–Crippen MR) is 86.4 cm³/mol. The molecule has 1 aromatic heterocycles. The summed E-state index contributed by atoms with van der Waals surface area (Å²) in [6, 6.07) is 9.68. The lowest BCUT2D eigenvalue weighted by atomic mass is 10.0. The number of hydrogen-bond acceptors (Lipinski definition) is 4. The highest BCUT2D eigenvalue weighted by Crippen LogP contribution is 2.29. The molecule has 0 spiro atoms. The number of methoxy groups -OCH3 is 1. The van der Waals surface area contributed by atoms with Crippen molar-refractivity contribution in [2.45, 2.75) is 30.0 Å². The van der Waals surface area contributed by atoms with Crippen molar-refractivity contribution in [3.63, 3.8) is 0 Å². The van der Waals surface area contributed by atoms with Gasteiger partial charge in [0.25, 0.3) is 10.0 Å². The van der Waals surface area contributed by atoms with Crippen LogP contribution in [-0.2, 0) is 28.2 Å². The molecule has 2 atom stereocenters. The van der Waals surface area contributed by atoms with Gasteiger partial charge in [-0.05, 0) is 18.4 Å². The summed E-state index contributed by atoms with van der Waals surface area (Å²) >= 11 is 0. The molecule has 2 aromatic rings. The van der Waals surface area contributed by atoms with E-state index in [1.165, 1.54) is 16.8 Å². The fraction of sp³-hybridized carbons (Fsp3) is 0.438. The van der Waals surface area contributed by atoms with Gasteiger partial charge in [0.1, 0.15) is 0 Å². The molecule has 0 aliphatic carbocycles. The van der Waals surface area contributed by atoms with E-state index in [9.17, 15) is 8.42 Å². The van der Waals surface area contributed by atoms with Crippen molar-refractivity contribution in [1.82, 2.24) is 13.9 Å². The van der Waals surface area contributed by atoms with Crippen molar-refractivity contribution in [2.75, 3.05) is 13.7 Å². The molecular formula is C16H21N3O3S. The molecule has 0 amide bonds. The van der Waals surface area contributed by atoms with Crippen molar-refractivity contribution < 1.29 is 13.2 Å². The molecule has 1 aliphatic rings. The Labute approximate surface area is 136 Å². The first-order valence-corrected chi connectivity index (χ1v) is 9.03. The molecule has 1 aromatic carbocycles. The average Bonchev–Trinajstić information content (AvgIpc) is 3.15. The van der Waals surface area contributed by atoms with Crippen LogP contribution in [0.25, 0.3) is 0 Å². The molecule has 1 fully saturated rings. The van der Waals surface area contributed by atoms with Crippen molar-refractivity contribution >= 4 is 10.0 Å². The molecular weight excluding hydrogens is 314 g/mol. The molecule has 1 saturated heterocycles. The van der Waals surface area contributed by atoms with Gasteiger partial charge in [-0.3, -0.25) is 0 Å². The molecule has 2 heterocycles. The predicted octanol–water partition coefficient (Wildman–Crippen LogP) is 1.44. The second-order valence-corrected chi connectivity index (χ2v) is 7.65. The summed E-state index contributed by atoms with van der Waals surface area (Å²) < 4.78 is 34.5. The van der Waals surface area contributed by atoms with Crippen LogP contribution in [-0.4, -0.2) is 48.1 Å². The molecule has 6 nitrogen and oxygen atoms in total. The summed E-state index contributed by atoms with van der Waals surface area (Å²) in [6.45, 7) is 0.453. The van der Waals surface area contributed by atoms with Crippen LogP contribution < -0.4 is 0 Å². The highest BCUT2D eigenvalue weighted by Gasteiger charge is 2.42. The number of benzene rings is 1. The zero-order valence-electron chi connectivity index (χ0n) is 13.3. The lowest BCUT2D eigenvalue weighted by Crippen LogP contribution is -2.41. The molecule has 0 bridgehead atoms. The normalized spacial score (nSPS) is 22.5. The van der Waals surface area contributed by atoms with E-state index in [0.717, 1.165) is 5.56 Å². The maximum absolute atomic E-state index is 12.9. The van der Waals surface area contributed by atoms with Crippen LogP contribution >= 0.6 is 0 Å². The summed E-state index contributed by atoms with van der Waals surface area (Å²) in [5.74, 6) is 0.